The number of hydrogen-bond donors (Lipinski definition) is 0. The lowest BCUT2D eigenvalue weighted by Crippen LogP contribution is -2.35. The molecule has 0 fully saturated rings. The van der Waals surface area contributed by atoms with E-state index in [0.29, 0.717) is 6.17 Å². The van der Waals surface area contributed by atoms with Crippen molar-refractivity contribution in [3.05, 3.63) is 387 Å². The molecular formula is C107H104N15+5. The molecule has 602 valence electrons. The molecule has 0 unspecified atom stereocenters. The number of hydrogen-bond acceptors (Lipinski definition) is 2. The van der Waals surface area contributed by atoms with E-state index >= 15 is 0 Å². The lowest BCUT2D eigenvalue weighted by Gasteiger charge is -2.27. The van der Waals surface area contributed by atoms with Gasteiger partial charge in [0.25, 0.3) is 0 Å². The molecule has 122 heavy (non-hydrogen) atoms. The van der Waals surface area contributed by atoms with Crippen LogP contribution in [0.2, 0.25) is 0 Å². The first kappa shape index (κ1) is 78.4. The van der Waals surface area contributed by atoms with Crippen LogP contribution in [0.3, 0.4) is 0 Å². The predicted octanol–water partition coefficient (Wildman–Crippen LogP) is 21.2. The third kappa shape index (κ3) is 14.0. The third-order valence-electron chi connectivity index (χ3n) is 24.8. The summed E-state index contributed by atoms with van der Waals surface area (Å²) < 4.78 is 29.1. The van der Waals surface area contributed by atoms with Gasteiger partial charge in [-0.25, -0.2) is 18.3 Å². The summed E-state index contributed by atoms with van der Waals surface area (Å²) in [6, 6.07) is 105. The van der Waals surface area contributed by atoms with E-state index in [-0.39, 0.29) is 0 Å². The topological polar surface area (TPSA) is 62.2 Å². The number of rotatable bonds is 6. The highest BCUT2D eigenvalue weighted by molar-refractivity contribution is 5.93. The number of aryl methyl sites for hydroxylation is 13. The van der Waals surface area contributed by atoms with Crippen molar-refractivity contribution in [3.63, 3.8) is 0 Å². The number of imidazole rings is 2. The number of fused-ring (bicyclic) bond motifs is 11. The molecule has 0 amide bonds. The van der Waals surface area contributed by atoms with Gasteiger partial charge >= 0.3 is 11.6 Å². The fourth-order valence-corrected chi connectivity index (χ4v) is 18.5. The van der Waals surface area contributed by atoms with E-state index in [1.165, 1.54) is 184 Å². The Balaban J connectivity index is 0.000000100. The van der Waals surface area contributed by atoms with Crippen molar-refractivity contribution in [1.29, 1.82) is 0 Å². The van der Waals surface area contributed by atoms with Gasteiger partial charge in [0, 0.05) is 118 Å². The minimum atomic E-state index is 0.318. The largest absolute Gasteiger partial charge is 0.353 e. The Hall–Kier alpha value is -14.8. The molecule has 0 spiro atoms. The maximum absolute atomic E-state index is 2.43. The fourth-order valence-electron chi connectivity index (χ4n) is 18.5. The van der Waals surface area contributed by atoms with Crippen LogP contribution in [0.25, 0.3) is 134 Å². The number of pyridine rings is 9. The highest BCUT2D eigenvalue weighted by Gasteiger charge is 2.34. The van der Waals surface area contributed by atoms with Gasteiger partial charge in [-0.3, -0.25) is 0 Å². The first-order chi connectivity index (χ1) is 59.3. The molecule has 18 heterocycles. The highest BCUT2D eigenvalue weighted by Crippen LogP contribution is 2.45. The minimum absolute atomic E-state index is 0.318. The molecule has 0 N–H and O–H groups in total. The van der Waals surface area contributed by atoms with Gasteiger partial charge in [0.2, 0.25) is 22.6 Å². The first-order valence-corrected chi connectivity index (χ1v) is 41.9. The van der Waals surface area contributed by atoms with Crippen molar-refractivity contribution in [2.24, 2.45) is 49.3 Å². The van der Waals surface area contributed by atoms with E-state index < -0.39 is 0 Å². The summed E-state index contributed by atoms with van der Waals surface area (Å²) in [4.78, 5) is 4.76. The third-order valence-corrected chi connectivity index (χ3v) is 24.8. The van der Waals surface area contributed by atoms with E-state index in [1.54, 1.807) is 0 Å². The van der Waals surface area contributed by atoms with Crippen molar-refractivity contribution in [1.82, 2.24) is 35.5 Å². The van der Waals surface area contributed by atoms with Gasteiger partial charge in [-0.1, -0.05) is 103 Å². The van der Waals surface area contributed by atoms with E-state index in [1.807, 2.05) is 0 Å². The Bertz CT molecular complexity index is 7650. The van der Waals surface area contributed by atoms with E-state index in [4.69, 9.17) is 0 Å². The molecule has 15 nitrogen and oxygen atoms in total. The normalized spacial score (nSPS) is 12.4. The predicted molar refractivity (Wildman–Crippen MR) is 500 cm³/mol. The quantitative estimate of drug-likeness (QED) is 0.156. The van der Waals surface area contributed by atoms with E-state index in [0.717, 1.165) is 0 Å². The number of aromatic nitrogens is 13. The van der Waals surface area contributed by atoms with Crippen LogP contribution < -0.4 is 32.6 Å². The molecule has 0 saturated carbocycles. The zero-order valence-corrected chi connectivity index (χ0v) is 72.3. The molecule has 0 radical (unpaired) electrons. The average Bonchev–Trinajstić information content (AvgIpc) is 1.59. The van der Waals surface area contributed by atoms with Crippen LogP contribution in [0.1, 0.15) is 40.7 Å². The Labute approximate surface area is 712 Å². The smallest absolute Gasteiger partial charge is 0.306 e. The first-order valence-electron chi connectivity index (χ1n) is 41.9. The lowest BCUT2D eigenvalue weighted by atomic mass is 10.1. The standard InChI is InChI=1S/3C19H17N2.C18H18N3.C18H19N3.C14H16N3/c1-14-17(11-10-16-7-5-13-21(14)16)19-12-9-15-6-3-4-8-18(15)20(19)2;1-14-10-11-16-7-5-9-18(21(14)16)19-17-8-4-3-6-15(17)12-13-20(19)2;1-14-9-10-17-8-5-11-21(17)19(14)18-12-15-6-3-4-7-16(15)13-20(18)2;1-13-7-6-8-14-11-12-17(21(13)14)18-19(2)15-9-4-5-10-16(15)20(18)3;1-13-15-8-6-7-11-20(15)12-18(13)21-14(2)19(3)16-9-4-5-10-17(16)21;1-11-10-12-6-4-5-7-17(12)13(11)14-15(2)8-9-16(14)3/h3*3-13H,1-2H3;4-12H,1-3H3;4-12,14H,1-3H3;4-10H,1-3H3/q4*+1;;+1/t;;;;14-;/m....0./s1. The zero-order chi connectivity index (χ0) is 84.3. The molecule has 0 bridgehead atoms. The molecule has 22 aromatic rings. The van der Waals surface area contributed by atoms with E-state index in [9.17, 15) is 0 Å². The number of benzene rings is 5. The van der Waals surface area contributed by atoms with Gasteiger partial charge in [0.05, 0.1) is 61.7 Å². The van der Waals surface area contributed by atoms with Crippen LogP contribution in [-0.4, -0.2) is 48.8 Å². The van der Waals surface area contributed by atoms with Crippen LogP contribution in [0.5, 0.6) is 0 Å². The summed E-state index contributed by atoms with van der Waals surface area (Å²) in [5, 5.41) is 6.36. The van der Waals surface area contributed by atoms with Gasteiger partial charge in [-0.15, -0.1) is 0 Å². The average molecular weight is 1600 g/mol. The summed E-state index contributed by atoms with van der Waals surface area (Å²) in [7, 11) is 17.0. The van der Waals surface area contributed by atoms with Crippen LogP contribution in [0.4, 0.5) is 17.1 Å². The van der Waals surface area contributed by atoms with Gasteiger partial charge in [0.1, 0.15) is 62.5 Å². The zero-order valence-electron chi connectivity index (χ0n) is 72.3. The Kier molecular flexibility index (Phi) is 20.9. The fraction of sp³-hybridized carbons (Fsp3) is 0.150. The minimum Gasteiger partial charge on any atom is -0.353 e. The Morgan fingerprint density at radius 2 is 0.951 bits per heavy atom. The number of nitrogens with zero attached hydrogens (tertiary/aromatic N) is 15. The summed E-state index contributed by atoms with van der Waals surface area (Å²) in [6.07, 6.45) is 19.5. The second-order valence-electron chi connectivity index (χ2n) is 32.4. The Morgan fingerprint density at radius 1 is 0.352 bits per heavy atom. The maximum atomic E-state index is 2.43. The van der Waals surface area contributed by atoms with Gasteiger partial charge in [-0.05, 0) is 246 Å². The van der Waals surface area contributed by atoms with Crippen LogP contribution >= 0.6 is 0 Å². The van der Waals surface area contributed by atoms with Crippen LogP contribution in [0.15, 0.2) is 353 Å². The second kappa shape index (κ2) is 32.5. The molecule has 0 aliphatic carbocycles. The van der Waals surface area contributed by atoms with Crippen LogP contribution in [-0.2, 0) is 49.3 Å². The molecule has 1 aliphatic rings. The lowest BCUT2D eigenvalue weighted by molar-refractivity contribution is -0.659. The second-order valence-corrected chi connectivity index (χ2v) is 32.4. The van der Waals surface area contributed by atoms with Crippen molar-refractivity contribution < 1.29 is 22.8 Å². The number of para-hydroxylation sites is 5. The molecule has 23 rings (SSSR count). The monoisotopic (exact) mass is 1600 g/mol. The van der Waals surface area contributed by atoms with Crippen molar-refractivity contribution in [2.75, 3.05) is 16.8 Å². The maximum Gasteiger partial charge on any atom is 0.306 e. The molecule has 15 heteroatoms. The Morgan fingerprint density at radius 3 is 1.72 bits per heavy atom. The molecule has 1 atom stereocenters. The number of anilines is 3. The highest BCUT2D eigenvalue weighted by atomic mass is 15.4. The van der Waals surface area contributed by atoms with Crippen LogP contribution in [0, 0.1) is 41.5 Å². The summed E-state index contributed by atoms with van der Waals surface area (Å²) >= 11 is 0. The van der Waals surface area contributed by atoms with Crippen molar-refractivity contribution in [2.45, 2.75) is 54.6 Å². The molecular weight excluding hydrogens is 1500 g/mol. The van der Waals surface area contributed by atoms with Crippen molar-refractivity contribution in [3.8, 4) is 57.1 Å². The molecule has 0 saturated heterocycles. The van der Waals surface area contributed by atoms with E-state index in [2.05, 4.69) is 526 Å². The SMILES string of the molecule is Cc1c(-c2ccc3ccccc3[n+]2C)ccc2cccn12.Cc1c(N2c3ccccc3N(C)[C@@H]2C)cn2ccccc12.Cc1cc2ccccn2c1-c1n(C)cc[n+]1C.Cc1ccc2cccc(-c3c4ccccc4cc[n+]3C)n12.Cc1ccc2cccn2c1-c1cc2ccccc2c[n+]1C.Cc1cccc2ccc(-c3n(C)c4ccccc4[n+]3C)n12. The van der Waals surface area contributed by atoms with Crippen molar-refractivity contribution >= 4 is 93.6 Å². The molecule has 1 aliphatic heterocycles. The summed E-state index contributed by atoms with van der Waals surface area (Å²) in [6.45, 7) is 15.3. The molecule has 5 aromatic carbocycles. The summed E-state index contributed by atoms with van der Waals surface area (Å²) in [5.41, 5.74) is 32.7. The van der Waals surface area contributed by atoms with Gasteiger partial charge < -0.3 is 36.2 Å². The summed E-state index contributed by atoms with van der Waals surface area (Å²) in [5.74, 6) is 2.43. The van der Waals surface area contributed by atoms with Gasteiger partial charge in [-0.2, -0.15) is 13.7 Å². The molecule has 17 aromatic heterocycles. The van der Waals surface area contributed by atoms with Gasteiger partial charge in [0.15, 0.2) is 23.4 Å².